The van der Waals surface area contributed by atoms with Gasteiger partial charge in [0.25, 0.3) is 0 Å². The first-order valence-corrected chi connectivity index (χ1v) is 5.67. The number of carbonyl (C=O) groups excluding carboxylic acids is 1. The van der Waals surface area contributed by atoms with Crippen molar-refractivity contribution in [3.63, 3.8) is 0 Å². The molecule has 1 unspecified atom stereocenters. The number of amides is 1. The highest BCUT2D eigenvalue weighted by Crippen LogP contribution is 2.12. The zero-order valence-electron chi connectivity index (χ0n) is 9.94. The zero-order chi connectivity index (χ0) is 12.0. The number of carbonyl (C=O) groups is 1. The van der Waals surface area contributed by atoms with Crippen LogP contribution < -0.4 is 11.1 Å². The molecule has 0 heterocycles. The first kappa shape index (κ1) is 12.7. The molecular formula is C13H20N2O. The van der Waals surface area contributed by atoms with Gasteiger partial charge in [-0.15, -0.1) is 0 Å². The molecular weight excluding hydrogens is 200 g/mol. The lowest BCUT2D eigenvalue weighted by molar-refractivity contribution is -0.121. The van der Waals surface area contributed by atoms with E-state index in [2.05, 4.69) is 19.2 Å². The molecule has 0 aliphatic carbocycles. The maximum Gasteiger partial charge on any atom is 0.221 e. The Kier molecular flexibility index (Phi) is 4.99. The molecule has 3 heteroatoms. The summed E-state index contributed by atoms with van der Waals surface area (Å²) < 4.78 is 0. The van der Waals surface area contributed by atoms with Crippen LogP contribution in [0.5, 0.6) is 0 Å². The Hall–Kier alpha value is -1.35. The number of benzene rings is 1. The van der Waals surface area contributed by atoms with Gasteiger partial charge in [0, 0.05) is 19.0 Å². The average molecular weight is 220 g/mol. The first-order chi connectivity index (χ1) is 7.59. The van der Waals surface area contributed by atoms with E-state index in [1.54, 1.807) is 0 Å². The maximum absolute atomic E-state index is 11.5. The Labute approximate surface area is 97.0 Å². The van der Waals surface area contributed by atoms with E-state index in [9.17, 15) is 4.79 Å². The third-order valence-corrected chi connectivity index (χ3v) is 2.34. The van der Waals surface area contributed by atoms with Crippen molar-refractivity contribution in [2.45, 2.75) is 26.3 Å². The number of hydrogen-bond acceptors (Lipinski definition) is 2. The van der Waals surface area contributed by atoms with Gasteiger partial charge in [-0.05, 0) is 11.5 Å². The second kappa shape index (κ2) is 6.28. The first-order valence-electron chi connectivity index (χ1n) is 5.67. The molecule has 1 rings (SSSR count). The van der Waals surface area contributed by atoms with Crippen LogP contribution in [0, 0.1) is 5.92 Å². The summed E-state index contributed by atoms with van der Waals surface area (Å²) in [4.78, 5) is 11.5. The molecule has 0 aliphatic heterocycles. The van der Waals surface area contributed by atoms with Gasteiger partial charge in [-0.1, -0.05) is 44.2 Å². The fourth-order valence-electron chi connectivity index (χ4n) is 1.41. The minimum absolute atomic E-state index is 0.0186. The second-order valence-corrected chi connectivity index (χ2v) is 4.42. The van der Waals surface area contributed by atoms with Crippen LogP contribution in [0.3, 0.4) is 0 Å². The summed E-state index contributed by atoms with van der Waals surface area (Å²) in [6.45, 7) is 4.84. The second-order valence-electron chi connectivity index (χ2n) is 4.42. The molecule has 0 saturated heterocycles. The standard InChI is InChI=1S/C13H20N2O/c1-10(2)9-15-13(16)8-12(14)11-6-4-3-5-7-11/h3-7,10,12H,8-9,14H2,1-2H3,(H,15,16). The molecule has 0 bridgehead atoms. The van der Waals surface area contributed by atoms with Crippen molar-refractivity contribution < 1.29 is 4.79 Å². The van der Waals surface area contributed by atoms with Crippen LogP contribution in [-0.4, -0.2) is 12.5 Å². The van der Waals surface area contributed by atoms with Crippen LogP contribution in [0.4, 0.5) is 0 Å². The Morgan fingerprint density at radius 3 is 2.50 bits per heavy atom. The van der Waals surface area contributed by atoms with Crippen molar-refractivity contribution in [3.8, 4) is 0 Å². The Bertz CT molecular complexity index is 322. The summed E-state index contributed by atoms with van der Waals surface area (Å²) in [7, 11) is 0. The van der Waals surface area contributed by atoms with E-state index in [4.69, 9.17) is 5.73 Å². The third-order valence-electron chi connectivity index (χ3n) is 2.34. The van der Waals surface area contributed by atoms with E-state index in [0.29, 0.717) is 18.9 Å². The number of hydrogen-bond donors (Lipinski definition) is 2. The van der Waals surface area contributed by atoms with Gasteiger partial charge in [0.05, 0.1) is 0 Å². The summed E-state index contributed by atoms with van der Waals surface area (Å²) in [5.41, 5.74) is 6.94. The van der Waals surface area contributed by atoms with Crippen LogP contribution in [0.25, 0.3) is 0 Å². The normalized spacial score (nSPS) is 12.5. The smallest absolute Gasteiger partial charge is 0.221 e. The summed E-state index contributed by atoms with van der Waals surface area (Å²) >= 11 is 0. The molecule has 0 fully saturated rings. The SMILES string of the molecule is CC(C)CNC(=O)CC(N)c1ccccc1. The quantitative estimate of drug-likeness (QED) is 0.795. The summed E-state index contributed by atoms with van der Waals surface area (Å²) in [5, 5.41) is 2.86. The van der Waals surface area contributed by atoms with Gasteiger partial charge < -0.3 is 11.1 Å². The van der Waals surface area contributed by atoms with Gasteiger partial charge in [0.1, 0.15) is 0 Å². The number of nitrogens with two attached hydrogens (primary N) is 1. The van der Waals surface area contributed by atoms with E-state index < -0.39 is 0 Å². The number of rotatable bonds is 5. The lowest BCUT2D eigenvalue weighted by Crippen LogP contribution is -2.30. The summed E-state index contributed by atoms with van der Waals surface area (Å²) in [6, 6.07) is 9.48. The van der Waals surface area contributed by atoms with E-state index in [-0.39, 0.29) is 11.9 Å². The molecule has 0 saturated carbocycles. The van der Waals surface area contributed by atoms with Crippen LogP contribution in [0.2, 0.25) is 0 Å². The lowest BCUT2D eigenvalue weighted by atomic mass is 10.0. The molecule has 3 N–H and O–H groups in total. The largest absolute Gasteiger partial charge is 0.356 e. The highest BCUT2D eigenvalue weighted by atomic mass is 16.1. The van der Waals surface area contributed by atoms with E-state index in [0.717, 1.165) is 5.56 Å². The Morgan fingerprint density at radius 2 is 1.94 bits per heavy atom. The lowest BCUT2D eigenvalue weighted by Gasteiger charge is -2.13. The third kappa shape index (κ3) is 4.45. The van der Waals surface area contributed by atoms with Gasteiger partial charge in [-0.25, -0.2) is 0 Å². The van der Waals surface area contributed by atoms with Crippen LogP contribution in [0.1, 0.15) is 31.9 Å². The molecule has 3 nitrogen and oxygen atoms in total. The average Bonchev–Trinajstić information content (AvgIpc) is 2.27. The molecule has 1 aromatic rings. The molecule has 1 amide bonds. The van der Waals surface area contributed by atoms with Gasteiger partial charge in [-0.3, -0.25) is 4.79 Å². The predicted molar refractivity (Wildman–Crippen MR) is 65.8 cm³/mol. The van der Waals surface area contributed by atoms with Crippen LogP contribution >= 0.6 is 0 Å². The molecule has 88 valence electrons. The topological polar surface area (TPSA) is 55.1 Å². The fraction of sp³-hybridized carbons (Fsp3) is 0.462. The van der Waals surface area contributed by atoms with Crippen molar-refractivity contribution >= 4 is 5.91 Å². The fourth-order valence-corrected chi connectivity index (χ4v) is 1.41. The molecule has 0 aliphatic rings. The van der Waals surface area contributed by atoms with Gasteiger partial charge in [0.2, 0.25) is 5.91 Å². The summed E-state index contributed by atoms with van der Waals surface area (Å²) in [6.07, 6.45) is 0.344. The molecule has 0 radical (unpaired) electrons. The minimum Gasteiger partial charge on any atom is -0.356 e. The Balaban J connectivity index is 2.40. The van der Waals surface area contributed by atoms with Crippen molar-refractivity contribution in [3.05, 3.63) is 35.9 Å². The molecule has 0 aromatic heterocycles. The van der Waals surface area contributed by atoms with E-state index in [1.165, 1.54) is 0 Å². The van der Waals surface area contributed by atoms with Gasteiger partial charge in [-0.2, -0.15) is 0 Å². The Morgan fingerprint density at radius 1 is 1.31 bits per heavy atom. The van der Waals surface area contributed by atoms with Gasteiger partial charge >= 0.3 is 0 Å². The minimum atomic E-state index is -0.214. The van der Waals surface area contributed by atoms with Crippen molar-refractivity contribution in [2.75, 3.05) is 6.54 Å². The monoisotopic (exact) mass is 220 g/mol. The van der Waals surface area contributed by atoms with E-state index in [1.807, 2.05) is 30.3 Å². The highest BCUT2D eigenvalue weighted by molar-refractivity contribution is 5.76. The van der Waals surface area contributed by atoms with Crippen molar-refractivity contribution in [1.29, 1.82) is 0 Å². The number of nitrogens with one attached hydrogen (secondary N) is 1. The molecule has 1 aromatic carbocycles. The predicted octanol–water partition coefficient (Wildman–Crippen LogP) is 1.85. The van der Waals surface area contributed by atoms with Crippen LogP contribution in [0.15, 0.2) is 30.3 Å². The molecule has 16 heavy (non-hydrogen) atoms. The highest BCUT2D eigenvalue weighted by Gasteiger charge is 2.10. The summed E-state index contributed by atoms with van der Waals surface area (Å²) in [5.74, 6) is 0.488. The van der Waals surface area contributed by atoms with Crippen LogP contribution in [-0.2, 0) is 4.79 Å². The van der Waals surface area contributed by atoms with Crippen molar-refractivity contribution in [1.82, 2.24) is 5.32 Å². The maximum atomic E-state index is 11.5. The van der Waals surface area contributed by atoms with Crippen molar-refractivity contribution in [2.24, 2.45) is 11.7 Å². The molecule has 0 spiro atoms. The van der Waals surface area contributed by atoms with E-state index >= 15 is 0 Å². The molecule has 1 atom stereocenters. The van der Waals surface area contributed by atoms with Gasteiger partial charge in [0.15, 0.2) is 0 Å². The zero-order valence-corrected chi connectivity index (χ0v) is 9.94.